The smallest absolute Gasteiger partial charge is 0.347 e. The number of nitrogens with zero attached hydrogens (tertiary/aromatic N) is 3. The molecule has 0 aromatic rings. The molecule has 84 valence electrons. The van der Waals surface area contributed by atoms with E-state index in [0.29, 0.717) is 0 Å². The van der Waals surface area contributed by atoms with Crippen LogP contribution in [0.3, 0.4) is 0 Å². The van der Waals surface area contributed by atoms with Crippen molar-refractivity contribution < 1.29 is 19.1 Å². The summed E-state index contributed by atoms with van der Waals surface area (Å²) < 4.78 is 9.35. The zero-order valence-electron chi connectivity index (χ0n) is 8.54. The summed E-state index contributed by atoms with van der Waals surface area (Å²) in [6, 6.07) is 1.96. The fourth-order valence-corrected chi connectivity index (χ4v) is 1.88. The molecule has 2 heterocycles. The van der Waals surface area contributed by atoms with E-state index >= 15 is 0 Å². The van der Waals surface area contributed by atoms with E-state index in [1.54, 1.807) is 0 Å². The van der Waals surface area contributed by atoms with Gasteiger partial charge in [0.05, 0.1) is 19.7 Å². The Balaban J connectivity index is 2.25. The largest absolute Gasteiger partial charge is 0.466 e. The maximum atomic E-state index is 11.7. The fraction of sp³-hybridized carbons (Fsp3) is 0.667. The minimum Gasteiger partial charge on any atom is -0.466 e. The number of carbonyl (C=O) groups is 2. The molecule has 1 spiro atoms. The van der Waals surface area contributed by atoms with E-state index in [0.717, 1.165) is 0 Å². The van der Waals surface area contributed by atoms with Gasteiger partial charge >= 0.3 is 11.9 Å². The van der Waals surface area contributed by atoms with E-state index in [2.05, 4.69) is 15.0 Å². The molecule has 3 atom stereocenters. The topological polar surface area (TPSA) is 101 Å². The van der Waals surface area contributed by atoms with E-state index in [4.69, 9.17) is 10.00 Å². The standard InChI is InChI=1S/C9H9N3O4/c1-15-7(13)6-2-9(8(14)16-6)5(3-10)4-11-12-9/h5-6H,2,4H2,1H3/t5-,6-,9-/m0/s1. The van der Waals surface area contributed by atoms with E-state index in [1.165, 1.54) is 7.11 Å². The van der Waals surface area contributed by atoms with Crippen LogP contribution < -0.4 is 0 Å². The van der Waals surface area contributed by atoms with Crippen LogP contribution in [-0.2, 0) is 19.1 Å². The molecule has 0 N–H and O–H groups in total. The second-order valence-electron chi connectivity index (χ2n) is 3.65. The lowest BCUT2D eigenvalue weighted by Crippen LogP contribution is -2.38. The van der Waals surface area contributed by atoms with Gasteiger partial charge in [-0.3, -0.25) is 0 Å². The molecule has 1 fully saturated rings. The van der Waals surface area contributed by atoms with Gasteiger partial charge in [0, 0.05) is 6.42 Å². The third kappa shape index (κ3) is 1.26. The average Bonchev–Trinajstić information content (AvgIpc) is 2.84. The first-order chi connectivity index (χ1) is 7.64. The van der Waals surface area contributed by atoms with E-state index in [-0.39, 0.29) is 13.0 Å². The molecule has 0 amide bonds. The molecule has 0 aliphatic carbocycles. The molecule has 2 aliphatic rings. The molecule has 0 aromatic heterocycles. The third-order valence-corrected chi connectivity index (χ3v) is 2.81. The molecule has 2 aliphatic heterocycles. The molecule has 0 saturated carbocycles. The molecule has 7 heteroatoms. The minimum absolute atomic E-state index is 0.0280. The molecule has 1 saturated heterocycles. The summed E-state index contributed by atoms with van der Waals surface area (Å²) in [6.45, 7) is 0.166. The average molecular weight is 223 g/mol. The van der Waals surface area contributed by atoms with E-state index in [1.807, 2.05) is 6.07 Å². The third-order valence-electron chi connectivity index (χ3n) is 2.81. The molecule has 16 heavy (non-hydrogen) atoms. The zero-order chi connectivity index (χ0) is 11.8. The number of hydrogen-bond acceptors (Lipinski definition) is 7. The van der Waals surface area contributed by atoms with Crippen LogP contribution in [0.4, 0.5) is 0 Å². The van der Waals surface area contributed by atoms with Crippen LogP contribution in [0.15, 0.2) is 10.2 Å². The van der Waals surface area contributed by atoms with Crippen LogP contribution in [0.25, 0.3) is 0 Å². The first kappa shape index (κ1) is 10.5. The van der Waals surface area contributed by atoms with Gasteiger partial charge in [0.1, 0.15) is 5.92 Å². The highest BCUT2D eigenvalue weighted by Gasteiger charge is 2.59. The molecular formula is C9H9N3O4. The van der Waals surface area contributed by atoms with Crippen molar-refractivity contribution in [3.63, 3.8) is 0 Å². The summed E-state index contributed by atoms with van der Waals surface area (Å²) in [6.07, 6.45) is -0.953. The van der Waals surface area contributed by atoms with Gasteiger partial charge in [-0.25, -0.2) is 9.59 Å². The van der Waals surface area contributed by atoms with Crippen LogP contribution in [-0.4, -0.2) is 37.2 Å². The number of hydrogen-bond donors (Lipinski definition) is 0. The minimum atomic E-state index is -1.30. The molecule has 2 rings (SSSR count). The Morgan fingerprint density at radius 3 is 3.12 bits per heavy atom. The van der Waals surface area contributed by atoms with Gasteiger partial charge in [0.25, 0.3) is 0 Å². The van der Waals surface area contributed by atoms with Crippen molar-refractivity contribution in [3.8, 4) is 6.07 Å². The summed E-state index contributed by atoms with van der Waals surface area (Å²) in [4.78, 5) is 22.9. The highest BCUT2D eigenvalue weighted by molar-refractivity contribution is 5.90. The number of rotatable bonds is 1. The van der Waals surface area contributed by atoms with Gasteiger partial charge in [-0.2, -0.15) is 15.5 Å². The number of nitriles is 1. The monoisotopic (exact) mass is 223 g/mol. The highest BCUT2D eigenvalue weighted by Crippen LogP contribution is 2.40. The Hall–Kier alpha value is -1.97. The van der Waals surface area contributed by atoms with Crippen molar-refractivity contribution >= 4 is 11.9 Å². The Morgan fingerprint density at radius 1 is 1.75 bits per heavy atom. The van der Waals surface area contributed by atoms with Gasteiger partial charge in [-0.15, -0.1) is 0 Å². The Morgan fingerprint density at radius 2 is 2.50 bits per heavy atom. The van der Waals surface area contributed by atoms with Gasteiger partial charge in [0.2, 0.25) is 6.10 Å². The summed E-state index contributed by atoms with van der Waals surface area (Å²) in [7, 11) is 1.21. The van der Waals surface area contributed by atoms with Crippen LogP contribution in [0.1, 0.15) is 6.42 Å². The van der Waals surface area contributed by atoms with Crippen molar-refractivity contribution in [1.82, 2.24) is 0 Å². The lowest BCUT2D eigenvalue weighted by atomic mass is 9.84. The number of carbonyl (C=O) groups excluding carboxylic acids is 2. The lowest BCUT2D eigenvalue weighted by Gasteiger charge is -2.15. The fourth-order valence-electron chi connectivity index (χ4n) is 1.88. The highest BCUT2D eigenvalue weighted by atomic mass is 16.6. The summed E-state index contributed by atoms with van der Waals surface area (Å²) in [5.74, 6) is -1.96. The number of azo groups is 1. The maximum Gasteiger partial charge on any atom is 0.347 e. The van der Waals surface area contributed by atoms with Gasteiger partial charge in [0.15, 0.2) is 5.54 Å². The molecule has 0 unspecified atom stereocenters. The van der Waals surface area contributed by atoms with Crippen molar-refractivity contribution in [3.05, 3.63) is 0 Å². The predicted molar refractivity (Wildman–Crippen MR) is 48.1 cm³/mol. The summed E-state index contributed by atoms with van der Waals surface area (Å²) in [5.41, 5.74) is -1.30. The normalized spacial score (nSPS) is 36.1. The van der Waals surface area contributed by atoms with Gasteiger partial charge in [-0.05, 0) is 0 Å². The predicted octanol–water partition coefficient (Wildman–Crippen LogP) is -0.181. The summed E-state index contributed by atoms with van der Waals surface area (Å²) >= 11 is 0. The van der Waals surface area contributed by atoms with Crippen LogP contribution in [0.5, 0.6) is 0 Å². The maximum absolute atomic E-state index is 11.7. The first-order valence-electron chi connectivity index (χ1n) is 4.71. The Labute approximate surface area is 91.0 Å². The Bertz CT molecular complexity index is 413. The molecule has 0 bridgehead atoms. The van der Waals surface area contributed by atoms with E-state index in [9.17, 15) is 9.59 Å². The SMILES string of the molecule is COC(=O)[C@@H]1C[C@@]2(N=NC[C@@H]2C#N)C(=O)O1. The Kier molecular flexibility index (Phi) is 2.34. The van der Waals surface area contributed by atoms with Crippen LogP contribution in [0.2, 0.25) is 0 Å². The second-order valence-corrected chi connectivity index (χ2v) is 3.65. The van der Waals surface area contributed by atoms with Crippen LogP contribution in [0, 0.1) is 17.2 Å². The lowest BCUT2D eigenvalue weighted by molar-refractivity contribution is -0.160. The van der Waals surface area contributed by atoms with Gasteiger partial charge in [-0.1, -0.05) is 0 Å². The molecule has 0 radical (unpaired) electrons. The number of ether oxygens (including phenoxy) is 2. The van der Waals surface area contributed by atoms with Crippen molar-refractivity contribution in [2.24, 2.45) is 16.1 Å². The van der Waals surface area contributed by atoms with Crippen molar-refractivity contribution in [2.45, 2.75) is 18.1 Å². The molecule has 0 aromatic carbocycles. The van der Waals surface area contributed by atoms with E-state index < -0.39 is 29.5 Å². The zero-order valence-corrected chi connectivity index (χ0v) is 8.54. The van der Waals surface area contributed by atoms with Crippen molar-refractivity contribution in [2.75, 3.05) is 13.7 Å². The number of esters is 2. The number of cyclic esters (lactones) is 1. The molecular weight excluding hydrogens is 214 g/mol. The first-order valence-corrected chi connectivity index (χ1v) is 4.71. The number of methoxy groups -OCH3 is 1. The summed E-state index contributed by atoms with van der Waals surface area (Å²) in [5, 5.41) is 16.4. The van der Waals surface area contributed by atoms with Gasteiger partial charge < -0.3 is 9.47 Å². The van der Waals surface area contributed by atoms with Crippen LogP contribution >= 0.6 is 0 Å². The second kappa shape index (κ2) is 3.56. The quantitative estimate of drug-likeness (QED) is 0.574. The molecule has 7 nitrogen and oxygen atoms in total. The van der Waals surface area contributed by atoms with Crippen molar-refractivity contribution in [1.29, 1.82) is 5.26 Å².